The summed E-state index contributed by atoms with van der Waals surface area (Å²) in [6, 6.07) is 7.25. The van der Waals surface area contributed by atoms with Gasteiger partial charge in [0, 0.05) is 35.8 Å². The monoisotopic (exact) mass is 351 g/mol. The van der Waals surface area contributed by atoms with Crippen LogP contribution in [0.2, 0.25) is 5.02 Å². The second kappa shape index (κ2) is 10.1. The van der Waals surface area contributed by atoms with Crippen LogP contribution < -0.4 is 11.1 Å². The number of carbonyl (C=O) groups excluding carboxylic acids is 1. The van der Waals surface area contributed by atoms with Gasteiger partial charge in [-0.2, -0.15) is 0 Å². The first-order valence-electron chi connectivity index (χ1n) is 8.03. The van der Waals surface area contributed by atoms with E-state index in [1.54, 1.807) is 19.2 Å². The average molecular weight is 352 g/mol. The fourth-order valence-electron chi connectivity index (χ4n) is 2.41. The Morgan fingerprint density at radius 2 is 2.00 bits per heavy atom. The third-order valence-electron chi connectivity index (χ3n) is 3.73. The number of aliphatic imine (C=N–C) groups is 1. The van der Waals surface area contributed by atoms with E-state index >= 15 is 0 Å². The Morgan fingerprint density at radius 3 is 2.50 bits per heavy atom. The van der Waals surface area contributed by atoms with Crippen molar-refractivity contribution >= 4 is 23.2 Å². The van der Waals surface area contributed by atoms with E-state index in [2.05, 4.69) is 10.3 Å². The number of carbonyl (C=O) groups is 1. The number of nitrogens with one attached hydrogen (secondary N) is 1. The summed E-state index contributed by atoms with van der Waals surface area (Å²) >= 11 is 5.85. The SMILES string of the molecule is CCC/C(C(=NC)C(C)CO)=C(/N)C(=O)NCc1ccc(Cl)cc1. The molecule has 0 radical (unpaired) electrons. The second-order valence-electron chi connectivity index (χ2n) is 5.64. The van der Waals surface area contributed by atoms with Crippen molar-refractivity contribution in [3.8, 4) is 0 Å². The fraction of sp³-hybridized carbons (Fsp3) is 0.444. The standard InChI is InChI=1S/C18H26ClN3O2/c1-4-5-15(17(21-3)12(2)11-23)16(20)18(24)22-10-13-6-8-14(19)9-7-13/h6-9,12,23H,4-5,10-11,20H2,1-3H3,(H,22,24)/b16-15-,21-17?. The lowest BCUT2D eigenvalue weighted by molar-refractivity contribution is -0.117. The number of amides is 1. The Labute approximate surface area is 148 Å². The van der Waals surface area contributed by atoms with Crippen LogP contribution in [0.5, 0.6) is 0 Å². The van der Waals surface area contributed by atoms with Gasteiger partial charge >= 0.3 is 0 Å². The molecule has 24 heavy (non-hydrogen) atoms. The summed E-state index contributed by atoms with van der Waals surface area (Å²) in [4.78, 5) is 16.6. The molecule has 0 aliphatic heterocycles. The molecule has 1 unspecified atom stereocenters. The molecule has 0 fully saturated rings. The molecule has 1 aromatic rings. The van der Waals surface area contributed by atoms with Crippen LogP contribution in [0.25, 0.3) is 0 Å². The van der Waals surface area contributed by atoms with E-state index in [1.165, 1.54) is 0 Å². The highest BCUT2D eigenvalue weighted by atomic mass is 35.5. The number of aliphatic hydroxyl groups is 1. The number of hydrogen-bond donors (Lipinski definition) is 3. The van der Waals surface area contributed by atoms with Gasteiger partial charge in [-0.1, -0.05) is 44.0 Å². The van der Waals surface area contributed by atoms with Crippen LogP contribution in [0.4, 0.5) is 0 Å². The predicted molar refractivity (Wildman–Crippen MR) is 99.0 cm³/mol. The van der Waals surface area contributed by atoms with E-state index < -0.39 is 0 Å². The summed E-state index contributed by atoms with van der Waals surface area (Å²) in [5.74, 6) is -0.501. The summed E-state index contributed by atoms with van der Waals surface area (Å²) in [5.41, 5.74) is 8.57. The molecule has 1 aromatic carbocycles. The first kappa shape index (κ1) is 20.2. The molecule has 0 saturated heterocycles. The normalized spacial score (nSPS) is 14.1. The van der Waals surface area contributed by atoms with Gasteiger partial charge in [-0.3, -0.25) is 9.79 Å². The van der Waals surface area contributed by atoms with Crippen LogP contribution in [0.3, 0.4) is 0 Å². The summed E-state index contributed by atoms with van der Waals surface area (Å²) in [6.07, 6.45) is 1.47. The van der Waals surface area contributed by atoms with Gasteiger partial charge in [-0.05, 0) is 24.1 Å². The maximum atomic E-state index is 12.4. The van der Waals surface area contributed by atoms with Crippen molar-refractivity contribution in [1.82, 2.24) is 5.32 Å². The molecule has 1 rings (SSSR count). The largest absolute Gasteiger partial charge is 0.396 e. The van der Waals surface area contributed by atoms with Gasteiger partial charge in [0.2, 0.25) is 0 Å². The van der Waals surface area contributed by atoms with E-state index in [0.29, 0.717) is 29.3 Å². The Kier molecular flexibility index (Phi) is 8.50. The van der Waals surface area contributed by atoms with Gasteiger partial charge in [-0.15, -0.1) is 0 Å². The second-order valence-corrected chi connectivity index (χ2v) is 6.08. The minimum Gasteiger partial charge on any atom is -0.396 e. The molecule has 0 aliphatic carbocycles. The molecule has 0 spiro atoms. The molecular formula is C18H26ClN3O2. The molecule has 1 atom stereocenters. The highest BCUT2D eigenvalue weighted by Crippen LogP contribution is 2.17. The zero-order chi connectivity index (χ0) is 18.1. The zero-order valence-corrected chi connectivity index (χ0v) is 15.2. The van der Waals surface area contributed by atoms with Crippen molar-refractivity contribution in [1.29, 1.82) is 0 Å². The van der Waals surface area contributed by atoms with E-state index in [1.807, 2.05) is 26.0 Å². The summed E-state index contributed by atoms with van der Waals surface area (Å²) < 4.78 is 0. The van der Waals surface area contributed by atoms with Gasteiger partial charge < -0.3 is 16.2 Å². The van der Waals surface area contributed by atoms with Crippen LogP contribution in [-0.2, 0) is 11.3 Å². The lowest BCUT2D eigenvalue weighted by Crippen LogP contribution is -2.32. The number of hydrogen-bond acceptors (Lipinski definition) is 4. The predicted octanol–water partition coefficient (Wildman–Crippen LogP) is 2.67. The number of allylic oxidation sites excluding steroid dienone is 1. The lowest BCUT2D eigenvalue weighted by atomic mass is 9.93. The van der Waals surface area contributed by atoms with E-state index in [-0.39, 0.29) is 24.1 Å². The van der Waals surface area contributed by atoms with Crippen molar-refractivity contribution in [2.24, 2.45) is 16.6 Å². The molecule has 0 heterocycles. The highest BCUT2D eigenvalue weighted by molar-refractivity contribution is 6.30. The molecule has 5 nitrogen and oxygen atoms in total. The van der Waals surface area contributed by atoms with Crippen molar-refractivity contribution in [2.75, 3.05) is 13.7 Å². The summed E-state index contributed by atoms with van der Waals surface area (Å²) in [5, 5.41) is 12.9. The molecule has 132 valence electrons. The number of rotatable bonds is 8. The summed E-state index contributed by atoms with van der Waals surface area (Å²) in [6.45, 7) is 4.19. The maximum absolute atomic E-state index is 12.4. The Hall–Kier alpha value is -1.85. The average Bonchev–Trinajstić information content (AvgIpc) is 2.59. The molecular weight excluding hydrogens is 326 g/mol. The third kappa shape index (κ3) is 5.65. The summed E-state index contributed by atoms with van der Waals surface area (Å²) in [7, 11) is 1.65. The Balaban J connectivity index is 2.93. The maximum Gasteiger partial charge on any atom is 0.267 e. The molecule has 1 amide bonds. The molecule has 4 N–H and O–H groups in total. The van der Waals surface area contributed by atoms with Gasteiger partial charge in [-0.25, -0.2) is 0 Å². The first-order valence-corrected chi connectivity index (χ1v) is 8.41. The van der Waals surface area contributed by atoms with Crippen molar-refractivity contribution < 1.29 is 9.90 Å². The number of nitrogens with two attached hydrogens (primary N) is 1. The van der Waals surface area contributed by atoms with Crippen molar-refractivity contribution in [2.45, 2.75) is 33.2 Å². The molecule has 0 aromatic heterocycles. The Morgan fingerprint density at radius 1 is 1.38 bits per heavy atom. The van der Waals surface area contributed by atoms with Crippen LogP contribution in [0, 0.1) is 5.92 Å². The molecule has 0 bridgehead atoms. The topological polar surface area (TPSA) is 87.7 Å². The highest BCUT2D eigenvalue weighted by Gasteiger charge is 2.20. The number of nitrogens with zero attached hydrogens (tertiary/aromatic N) is 1. The van der Waals surface area contributed by atoms with E-state index in [9.17, 15) is 9.90 Å². The first-order chi connectivity index (χ1) is 11.4. The van der Waals surface area contributed by atoms with Crippen LogP contribution in [0.15, 0.2) is 40.5 Å². The van der Waals surface area contributed by atoms with Crippen LogP contribution in [-0.4, -0.2) is 30.4 Å². The van der Waals surface area contributed by atoms with Gasteiger partial charge in [0.1, 0.15) is 5.70 Å². The minimum atomic E-state index is -0.334. The Bertz CT molecular complexity index is 609. The molecule has 6 heteroatoms. The molecule has 0 saturated carbocycles. The number of aliphatic hydroxyl groups excluding tert-OH is 1. The van der Waals surface area contributed by atoms with Gasteiger partial charge in [0.05, 0.1) is 6.61 Å². The number of halogens is 1. The molecule has 0 aliphatic rings. The van der Waals surface area contributed by atoms with E-state index in [4.69, 9.17) is 17.3 Å². The van der Waals surface area contributed by atoms with Gasteiger partial charge in [0.25, 0.3) is 5.91 Å². The van der Waals surface area contributed by atoms with Crippen LogP contribution >= 0.6 is 11.6 Å². The lowest BCUT2D eigenvalue weighted by Gasteiger charge is -2.18. The fourth-order valence-corrected chi connectivity index (χ4v) is 2.53. The van der Waals surface area contributed by atoms with E-state index in [0.717, 1.165) is 12.0 Å². The number of benzene rings is 1. The van der Waals surface area contributed by atoms with Crippen LogP contribution in [0.1, 0.15) is 32.3 Å². The van der Waals surface area contributed by atoms with Crippen molar-refractivity contribution in [3.63, 3.8) is 0 Å². The van der Waals surface area contributed by atoms with Crippen molar-refractivity contribution in [3.05, 3.63) is 46.1 Å². The third-order valence-corrected chi connectivity index (χ3v) is 3.98. The van der Waals surface area contributed by atoms with Gasteiger partial charge in [0.15, 0.2) is 0 Å². The minimum absolute atomic E-state index is 0.0421. The quantitative estimate of drug-likeness (QED) is 0.497. The smallest absolute Gasteiger partial charge is 0.267 e. The zero-order valence-electron chi connectivity index (χ0n) is 14.5.